The molecule has 0 aromatic rings. The fourth-order valence-electron chi connectivity index (χ4n) is 3.53. The summed E-state index contributed by atoms with van der Waals surface area (Å²) in [5.41, 5.74) is -0.244. The van der Waals surface area contributed by atoms with Crippen molar-refractivity contribution < 1.29 is 24.9 Å². The molecule has 0 aromatic carbocycles. The SMILES string of the molecule is CCCCC(C)(C)C(O)/C=C/C1C(=O)CC(O)C1C/C=C/CCCC(=O)O. The van der Waals surface area contributed by atoms with Crippen LogP contribution in [0.25, 0.3) is 0 Å². The Morgan fingerprint density at radius 1 is 1.30 bits per heavy atom. The molecule has 1 rings (SSSR count). The molecule has 0 spiro atoms. The Bertz CT molecular complexity index is 535. The Kier molecular flexibility index (Phi) is 9.95. The Morgan fingerprint density at radius 3 is 2.63 bits per heavy atom. The number of carbonyl (C=O) groups is 2. The van der Waals surface area contributed by atoms with Gasteiger partial charge in [0, 0.05) is 24.7 Å². The molecule has 0 aliphatic heterocycles. The first-order chi connectivity index (χ1) is 12.7. The van der Waals surface area contributed by atoms with Gasteiger partial charge in [-0.3, -0.25) is 9.59 Å². The van der Waals surface area contributed by atoms with Crippen molar-refractivity contribution in [3.05, 3.63) is 24.3 Å². The Labute approximate surface area is 163 Å². The van der Waals surface area contributed by atoms with Crippen LogP contribution in [0.5, 0.6) is 0 Å². The van der Waals surface area contributed by atoms with E-state index >= 15 is 0 Å². The number of allylic oxidation sites excluding steroid dienone is 3. The van der Waals surface area contributed by atoms with Crippen molar-refractivity contribution in [2.45, 2.75) is 84.3 Å². The maximum Gasteiger partial charge on any atom is 0.303 e. The molecule has 1 fully saturated rings. The third-order valence-electron chi connectivity index (χ3n) is 5.55. The molecule has 1 saturated carbocycles. The minimum absolute atomic E-state index is 0.0154. The molecule has 4 unspecified atom stereocenters. The maximum atomic E-state index is 12.3. The van der Waals surface area contributed by atoms with E-state index in [4.69, 9.17) is 5.11 Å². The summed E-state index contributed by atoms with van der Waals surface area (Å²) in [4.78, 5) is 22.8. The van der Waals surface area contributed by atoms with Crippen molar-refractivity contribution in [1.82, 2.24) is 0 Å². The van der Waals surface area contributed by atoms with E-state index in [0.717, 1.165) is 19.3 Å². The second-order valence-electron chi connectivity index (χ2n) is 8.34. The second kappa shape index (κ2) is 11.4. The van der Waals surface area contributed by atoms with Gasteiger partial charge in [0.2, 0.25) is 0 Å². The largest absolute Gasteiger partial charge is 0.481 e. The predicted octanol–water partition coefficient (Wildman–Crippen LogP) is 3.89. The Balaban J connectivity index is 2.63. The summed E-state index contributed by atoms with van der Waals surface area (Å²) >= 11 is 0. The zero-order chi connectivity index (χ0) is 20.4. The van der Waals surface area contributed by atoms with Gasteiger partial charge < -0.3 is 15.3 Å². The van der Waals surface area contributed by atoms with E-state index in [2.05, 4.69) is 6.92 Å². The summed E-state index contributed by atoms with van der Waals surface area (Å²) in [6.45, 7) is 6.18. The standard InChI is InChI=1S/C22H36O5/c1-4-5-14-22(2,3)20(25)13-12-17-16(18(23)15-19(17)24)10-8-6-7-9-11-21(26)27/h6,8,12-13,16-18,20,23,25H,4-5,7,9-11,14-15H2,1-3H3,(H,26,27)/b8-6+,13-12+. The number of unbranched alkanes of at least 4 members (excludes halogenated alkanes) is 2. The normalized spacial score (nSPS) is 24.9. The molecule has 27 heavy (non-hydrogen) atoms. The van der Waals surface area contributed by atoms with E-state index in [1.807, 2.05) is 26.0 Å². The molecule has 1 aliphatic rings. The molecule has 0 amide bonds. The summed E-state index contributed by atoms with van der Waals surface area (Å²) in [6, 6.07) is 0. The first kappa shape index (κ1) is 23.6. The van der Waals surface area contributed by atoms with Gasteiger partial charge in [-0.2, -0.15) is 0 Å². The number of carbonyl (C=O) groups excluding carboxylic acids is 1. The molecule has 3 N–H and O–H groups in total. The topological polar surface area (TPSA) is 94.8 Å². The van der Waals surface area contributed by atoms with E-state index in [1.54, 1.807) is 12.2 Å². The lowest BCUT2D eigenvalue weighted by Crippen LogP contribution is -2.28. The average Bonchev–Trinajstić information content (AvgIpc) is 2.86. The number of carboxylic acids is 1. The van der Waals surface area contributed by atoms with Gasteiger partial charge in [0.15, 0.2) is 0 Å². The van der Waals surface area contributed by atoms with Gasteiger partial charge in [-0.1, -0.05) is 57.9 Å². The summed E-state index contributed by atoms with van der Waals surface area (Å²) in [5.74, 6) is -1.34. The van der Waals surface area contributed by atoms with Gasteiger partial charge in [-0.05, 0) is 31.1 Å². The highest BCUT2D eigenvalue weighted by Gasteiger charge is 2.39. The summed E-state index contributed by atoms with van der Waals surface area (Å²) in [6.07, 6.45) is 11.2. The summed E-state index contributed by atoms with van der Waals surface area (Å²) in [7, 11) is 0. The third-order valence-corrected chi connectivity index (χ3v) is 5.55. The fraction of sp³-hybridized carbons (Fsp3) is 0.727. The summed E-state index contributed by atoms with van der Waals surface area (Å²) < 4.78 is 0. The van der Waals surface area contributed by atoms with E-state index in [1.165, 1.54) is 0 Å². The molecule has 5 nitrogen and oxygen atoms in total. The lowest BCUT2D eigenvalue weighted by Gasteiger charge is -2.29. The van der Waals surface area contributed by atoms with Crippen LogP contribution in [-0.4, -0.2) is 39.3 Å². The van der Waals surface area contributed by atoms with Crippen LogP contribution >= 0.6 is 0 Å². The third kappa shape index (κ3) is 7.97. The number of ketones is 1. The number of carboxylic acid groups (broad SMARTS) is 1. The van der Waals surface area contributed by atoms with E-state index < -0.39 is 18.2 Å². The fourth-order valence-corrected chi connectivity index (χ4v) is 3.53. The molecule has 0 heterocycles. The molecule has 154 valence electrons. The van der Waals surface area contributed by atoms with Crippen LogP contribution in [0.1, 0.15) is 72.1 Å². The molecule has 0 saturated heterocycles. The first-order valence-electron chi connectivity index (χ1n) is 10.1. The van der Waals surface area contributed by atoms with Crippen LogP contribution in [0.4, 0.5) is 0 Å². The highest BCUT2D eigenvalue weighted by molar-refractivity contribution is 5.86. The van der Waals surface area contributed by atoms with Crippen molar-refractivity contribution in [2.75, 3.05) is 0 Å². The number of hydrogen-bond acceptors (Lipinski definition) is 4. The lowest BCUT2D eigenvalue weighted by molar-refractivity contribution is -0.137. The highest BCUT2D eigenvalue weighted by atomic mass is 16.4. The zero-order valence-corrected chi connectivity index (χ0v) is 16.9. The van der Waals surface area contributed by atoms with Gasteiger partial charge in [0.1, 0.15) is 5.78 Å². The van der Waals surface area contributed by atoms with Gasteiger partial charge in [0.25, 0.3) is 0 Å². The van der Waals surface area contributed by atoms with Crippen molar-refractivity contribution in [1.29, 1.82) is 0 Å². The van der Waals surface area contributed by atoms with Crippen LogP contribution in [0, 0.1) is 17.3 Å². The Hall–Kier alpha value is -1.46. The highest BCUT2D eigenvalue weighted by Crippen LogP contribution is 2.35. The van der Waals surface area contributed by atoms with Gasteiger partial charge in [-0.15, -0.1) is 0 Å². The van der Waals surface area contributed by atoms with Crippen LogP contribution in [0.15, 0.2) is 24.3 Å². The molecule has 0 bridgehead atoms. The quantitative estimate of drug-likeness (QED) is 0.353. The van der Waals surface area contributed by atoms with Crippen LogP contribution in [0.3, 0.4) is 0 Å². The Morgan fingerprint density at radius 2 is 2.00 bits per heavy atom. The lowest BCUT2D eigenvalue weighted by atomic mass is 9.80. The number of aliphatic hydroxyl groups is 2. The molecular weight excluding hydrogens is 344 g/mol. The van der Waals surface area contributed by atoms with Crippen molar-refractivity contribution in [3.63, 3.8) is 0 Å². The molecule has 0 radical (unpaired) electrons. The van der Waals surface area contributed by atoms with Crippen LogP contribution in [0.2, 0.25) is 0 Å². The number of aliphatic carboxylic acids is 1. The van der Waals surface area contributed by atoms with Crippen molar-refractivity contribution in [3.8, 4) is 0 Å². The summed E-state index contributed by atoms with van der Waals surface area (Å²) in [5, 5.41) is 29.3. The monoisotopic (exact) mass is 380 g/mol. The average molecular weight is 381 g/mol. The number of hydrogen-bond donors (Lipinski definition) is 3. The van der Waals surface area contributed by atoms with E-state index in [9.17, 15) is 19.8 Å². The van der Waals surface area contributed by atoms with E-state index in [-0.39, 0.29) is 35.9 Å². The molecule has 1 aliphatic carbocycles. The number of rotatable bonds is 12. The number of Topliss-reactive ketones (excluding diaryl/α,β-unsaturated/α-hetero) is 1. The van der Waals surface area contributed by atoms with Crippen molar-refractivity contribution >= 4 is 11.8 Å². The predicted molar refractivity (Wildman–Crippen MR) is 106 cm³/mol. The maximum absolute atomic E-state index is 12.3. The zero-order valence-electron chi connectivity index (χ0n) is 16.9. The van der Waals surface area contributed by atoms with Crippen LogP contribution in [-0.2, 0) is 9.59 Å². The van der Waals surface area contributed by atoms with Gasteiger partial charge >= 0.3 is 5.97 Å². The molecule has 4 atom stereocenters. The van der Waals surface area contributed by atoms with Gasteiger partial charge in [-0.25, -0.2) is 0 Å². The van der Waals surface area contributed by atoms with Gasteiger partial charge in [0.05, 0.1) is 12.2 Å². The van der Waals surface area contributed by atoms with Crippen LogP contribution < -0.4 is 0 Å². The smallest absolute Gasteiger partial charge is 0.303 e. The minimum Gasteiger partial charge on any atom is -0.481 e. The van der Waals surface area contributed by atoms with E-state index in [0.29, 0.717) is 19.3 Å². The molecule has 5 heteroatoms. The molecular formula is C22H36O5. The second-order valence-corrected chi connectivity index (χ2v) is 8.34. The van der Waals surface area contributed by atoms with Crippen molar-refractivity contribution in [2.24, 2.45) is 17.3 Å². The minimum atomic E-state index is -0.800. The molecule has 0 aromatic heterocycles. The first-order valence-corrected chi connectivity index (χ1v) is 10.1. The number of aliphatic hydroxyl groups excluding tert-OH is 2.